The minimum Gasteiger partial charge on any atom is -0.480 e. The van der Waals surface area contributed by atoms with Crippen LogP contribution in [-0.4, -0.2) is 106 Å². The van der Waals surface area contributed by atoms with E-state index in [1.807, 2.05) is 42.5 Å². The first-order valence-electron chi connectivity index (χ1n) is 24.8. The van der Waals surface area contributed by atoms with Gasteiger partial charge in [-0.1, -0.05) is 36.4 Å². The van der Waals surface area contributed by atoms with Gasteiger partial charge >= 0.3 is 35.8 Å². The van der Waals surface area contributed by atoms with Crippen molar-refractivity contribution >= 4 is 52.6 Å². The molecule has 0 bridgehead atoms. The molecule has 2 heterocycles. The lowest BCUT2D eigenvalue weighted by molar-refractivity contribution is -0.294. The van der Waals surface area contributed by atoms with Gasteiger partial charge in [0, 0.05) is 6.42 Å². The summed E-state index contributed by atoms with van der Waals surface area (Å²) in [7, 11) is 0. The zero-order valence-corrected chi connectivity index (χ0v) is 45.9. The van der Waals surface area contributed by atoms with Crippen molar-refractivity contribution in [3.8, 4) is 5.88 Å². The Labute approximate surface area is 429 Å². The Kier molecular flexibility index (Phi) is 18.8. The van der Waals surface area contributed by atoms with Crippen molar-refractivity contribution in [3.63, 3.8) is 0 Å². The lowest BCUT2D eigenvalue weighted by atomic mass is 9.93. The molecule has 2 N–H and O–H groups in total. The van der Waals surface area contributed by atoms with Crippen LogP contribution in [0.15, 0.2) is 42.5 Å². The lowest BCUT2D eigenvalue weighted by Gasteiger charge is -2.45. The molecule has 1 aromatic heterocycles. The molecule has 1 aliphatic heterocycles. The van der Waals surface area contributed by atoms with Crippen molar-refractivity contribution in [3.05, 3.63) is 59.2 Å². The molecule has 0 unspecified atom stereocenters. The molecule has 73 heavy (non-hydrogen) atoms. The first-order valence-corrected chi connectivity index (χ1v) is 24.8. The van der Waals surface area contributed by atoms with Crippen molar-refractivity contribution in [1.29, 1.82) is 0 Å². The minimum atomic E-state index is -1.63. The topological polar surface area (TPSA) is 234 Å². The number of esters is 5. The van der Waals surface area contributed by atoms with Gasteiger partial charge in [0.05, 0.1) is 44.5 Å². The molecule has 5 atom stereocenters. The van der Waals surface area contributed by atoms with Crippen LogP contribution in [0.1, 0.15) is 141 Å². The smallest absolute Gasteiger partial charge is 0.328 e. The van der Waals surface area contributed by atoms with Gasteiger partial charge in [0.25, 0.3) is 0 Å². The normalized spacial score (nSPS) is 18.8. The maximum Gasteiger partial charge on any atom is 0.328 e. The van der Waals surface area contributed by atoms with Gasteiger partial charge in [0.15, 0.2) is 12.2 Å². The maximum atomic E-state index is 14.0. The molecule has 1 saturated heterocycles. The zero-order valence-electron chi connectivity index (χ0n) is 45.9. The molecule has 18 heteroatoms. The van der Waals surface area contributed by atoms with E-state index in [1.54, 1.807) is 109 Å². The summed E-state index contributed by atoms with van der Waals surface area (Å²) in [6, 6.07) is 13.4. The molecule has 0 aliphatic carbocycles. The molecule has 2 aromatic carbocycles. The summed E-state index contributed by atoms with van der Waals surface area (Å²) in [4.78, 5) is 91.9. The van der Waals surface area contributed by atoms with Gasteiger partial charge in [-0.05, 0) is 160 Å². The molecular formula is C55H79N3O15. The van der Waals surface area contributed by atoms with Crippen molar-refractivity contribution in [2.75, 3.05) is 13.2 Å². The number of nitrogens with one attached hydrogen (secondary N) is 1. The number of hydrogen-bond acceptors (Lipinski definition) is 15. The van der Waals surface area contributed by atoms with Gasteiger partial charge in [0.2, 0.25) is 24.2 Å². The van der Waals surface area contributed by atoms with Gasteiger partial charge in [-0.3, -0.25) is 33.4 Å². The fourth-order valence-electron chi connectivity index (χ4n) is 6.93. The highest BCUT2D eigenvalue weighted by Crippen LogP contribution is 2.38. The van der Waals surface area contributed by atoms with Crippen molar-refractivity contribution in [2.24, 2.45) is 27.1 Å². The average Bonchev–Trinajstić information content (AvgIpc) is 3.61. The van der Waals surface area contributed by atoms with Crippen LogP contribution in [0.4, 0.5) is 0 Å². The van der Waals surface area contributed by atoms with Gasteiger partial charge < -0.3 is 43.6 Å². The minimum absolute atomic E-state index is 0.0192. The molecule has 18 nitrogen and oxygen atoms in total. The van der Waals surface area contributed by atoms with E-state index in [1.165, 1.54) is 13.8 Å². The number of fused-ring (bicyclic) bond motifs is 1. The van der Waals surface area contributed by atoms with E-state index in [0.29, 0.717) is 30.2 Å². The number of benzene rings is 2. The molecule has 1 aliphatic rings. The fraction of sp³-hybridized carbons (Fsp3) is 0.636. The van der Waals surface area contributed by atoms with Crippen LogP contribution in [0, 0.1) is 27.1 Å². The Bertz CT molecular complexity index is 2470. The molecule has 0 saturated carbocycles. The quantitative estimate of drug-likeness (QED) is 0.0910. The van der Waals surface area contributed by atoms with Crippen molar-refractivity contribution in [1.82, 2.24) is 15.1 Å². The Morgan fingerprint density at radius 1 is 0.603 bits per heavy atom. The van der Waals surface area contributed by atoms with Crippen molar-refractivity contribution in [2.45, 2.75) is 186 Å². The fourth-order valence-corrected chi connectivity index (χ4v) is 6.93. The number of carbonyl (C=O) groups is 7. The second-order valence-electron chi connectivity index (χ2n) is 24.4. The summed E-state index contributed by atoms with van der Waals surface area (Å²) in [5, 5.41) is 17.4. The molecule has 0 radical (unpaired) electrons. The highest BCUT2D eigenvalue weighted by atomic mass is 16.7. The standard InChI is InChI=1S/C55H79N3O15/c1-50(2,3)45(62)67-30-29-58-35-20-18-19-34(27-25-32-21-23-33(24-22-32)26-28-37(59)56-55(16,17)44(60)61)38(35)42(57-58)73-43-41(72-49(66)54(13,14)15)40(71-48(65)53(10,11)12)39(70-47(64)52(7,8)9)36(69-43)31-68-46(63)51(4,5)6/h18-24,36,39-41,43H,25-31H2,1-17H3,(H,56,59)(H,60,61)/t36-,39-,40+,41-,43+/m1/s1. The maximum absolute atomic E-state index is 14.0. The Balaban J connectivity index is 1.85. The third kappa shape index (κ3) is 16.5. The van der Waals surface area contributed by atoms with Crippen LogP contribution in [0.5, 0.6) is 5.88 Å². The molecule has 1 amide bonds. The van der Waals surface area contributed by atoms with Crippen LogP contribution >= 0.6 is 0 Å². The van der Waals surface area contributed by atoms with E-state index in [9.17, 15) is 38.7 Å². The van der Waals surface area contributed by atoms with E-state index in [2.05, 4.69) is 5.32 Å². The number of aromatic nitrogens is 2. The van der Waals surface area contributed by atoms with Crippen LogP contribution in [0.2, 0.25) is 0 Å². The number of carboxylic acid groups (broad SMARTS) is 1. The summed E-state index contributed by atoms with van der Waals surface area (Å²) in [6.45, 7) is 27.5. The second-order valence-corrected chi connectivity index (χ2v) is 24.4. The summed E-state index contributed by atoms with van der Waals surface area (Å²) in [6.07, 6.45) is -6.13. The molecular weight excluding hydrogens is 943 g/mol. The first-order chi connectivity index (χ1) is 33.4. The zero-order chi connectivity index (χ0) is 55.2. The summed E-state index contributed by atoms with van der Waals surface area (Å²) in [5.41, 5.74) is -3.13. The number of nitrogens with zero attached hydrogens (tertiary/aromatic N) is 2. The number of aryl methyl sites for hydroxylation is 3. The molecule has 404 valence electrons. The number of hydrogen-bond donors (Lipinski definition) is 2. The van der Waals surface area contributed by atoms with Gasteiger partial charge in [-0.25, -0.2) is 4.79 Å². The number of carboxylic acids is 1. The van der Waals surface area contributed by atoms with E-state index in [0.717, 1.165) is 16.7 Å². The molecule has 3 aromatic rings. The predicted molar refractivity (Wildman–Crippen MR) is 270 cm³/mol. The lowest BCUT2D eigenvalue weighted by Crippen LogP contribution is -2.65. The van der Waals surface area contributed by atoms with Crippen molar-refractivity contribution < 1.29 is 71.8 Å². The number of ether oxygens (including phenoxy) is 7. The van der Waals surface area contributed by atoms with Crippen LogP contribution in [-0.2, 0) is 87.8 Å². The monoisotopic (exact) mass is 1020 g/mol. The van der Waals surface area contributed by atoms with Gasteiger partial charge in [-0.15, -0.1) is 5.10 Å². The Morgan fingerprint density at radius 2 is 1.08 bits per heavy atom. The van der Waals surface area contributed by atoms with Crippen LogP contribution in [0.3, 0.4) is 0 Å². The number of amides is 1. The van der Waals surface area contributed by atoms with E-state index >= 15 is 0 Å². The third-order valence-corrected chi connectivity index (χ3v) is 11.7. The largest absolute Gasteiger partial charge is 0.480 e. The van der Waals surface area contributed by atoms with Gasteiger partial charge in [-0.2, -0.15) is 0 Å². The number of aliphatic carboxylic acids is 1. The van der Waals surface area contributed by atoms with E-state index in [-0.39, 0.29) is 31.4 Å². The summed E-state index contributed by atoms with van der Waals surface area (Å²) >= 11 is 0. The third-order valence-electron chi connectivity index (χ3n) is 11.7. The SMILES string of the molecule is CC(C)(C)C(=O)OCCn1nc(O[C@@H]2O[C@H](COC(=O)C(C)(C)C)[C@@H](OC(=O)C(C)(C)C)[C@H](OC(=O)C(C)(C)C)[C@H]2OC(=O)C(C)(C)C)c2c(CCc3ccc(CCC(=O)NC(C)(C)C(=O)O)cc3)cccc21. The Morgan fingerprint density at radius 3 is 1.59 bits per heavy atom. The van der Waals surface area contributed by atoms with Crippen LogP contribution < -0.4 is 10.1 Å². The predicted octanol–water partition coefficient (Wildman–Crippen LogP) is 7.89. The van der Waals surface area contributed by atoms with E-state index < -0.39 is 106 Å². The van der Waals surface area contributed by atoms with Gasteiger partial charge in [0.1, 0.15) is 24.9 Å². The Hall–Kier alpha value is -6.04. The first kappa shape index (κ1) is 59.5. The average molecular weight is 1020 g/mol. The summed E-state index contributed by atoms with van der Waals surface area (Å²) in [5.74, 6) is -4.65. The second kappa shape index (κ2) is 23.0. The highest BCUT2D eigenvalue weighted by Gasteiger charge is 2.56. The molecule has 4 rings (SSSR count). The summed E-state index contributed by atoms with van der Waals surface area (Å²) < 4.78 is 45.1. The highest BCUT2D eigenvalue weighted by molar-refractivity contribution is 5.88. The van der Waals surface area contributed by atoms with Crippen LogP contribution in [0.25, 0.3) is 10.9 Å². The van der Waals surface area contributed by atoms with E-state index in [4.69, 9.17) is 38.3 Å². The number of rotatable bonds is 18. The molecule has 0 spiro atoms. The molecule has 1 fully saturated rings. The number of carbonyl (C=O) groups excluding carboxylic acids is 6.